The number of benzene rings is 4. The third kappa shape index (κ3) is 10.9. The number of nitrogens with one attached hydrogen (secondary N) is 2. The molecule has 0 aliphatic heterocycles. The van der Waals surface area contributed by atoms with E-state index in [1.54, 1.807) is 87.7 Å². The second kappa shape index (κ2) is 21.6. The van der Waals surface area contributed by atoms with Crippen LogP contribution in [0.3, 0.4) is 0 Å². The molecule has 4 aromatic carbocycles. The Kier molecular flexibility index (Phi) is 17.7. The van der Waals surface area contributed by atoms with Gasteiger partial charge in [-0.25, -0.2) is 9.97 Å². The van der Waals surface area contributed by atoms with E-state index in [2.05, 4.69) is 9.97 Å². The molecule has 2 heterocycles. The zero-order chi connectivity index (χ0) is 37.0. The molecular weight excluding hydrogens is 759 g/mol. The minimum absolute atomic E-state index is 0. The molecule has 2 N–H and O–H groups in total. The van der Waals surface area contributed by atoms with Crippen molar-refractivity contribution in [1.29, 1.82) is 0 Å². The molecule has 2 amide bonds. The Bertz CT molecular complexity index is 2010. The topological polar surface area (TPSA) is 185 Å². The zero-order valence-electron chi connectivity index (χ0n) is 30.0. The first-order chi connectivity index (χ1) is 25.3. The molecule has 0 fully saturated rings. The Morgan fingerprint density at radius 2 is 0.907 bits per heavy atom. The fraction of sp³-hybridized carbons (Fsp3) is 0.111. The van der Waals surface area contributed by atoms with Crippen LogP contribution in [0.2, 0.25) is 0 Å². The minimum atomic E-state index is -0.768. The smallest absolute Gasteiger partial charge is 0.759 e. The molecule has 6 rings (SSSR count). The first-order valence-corrected chi connectivity index (χ1v) is 16.8. The van der Waals surface area contributed by atoms with Crippen LogP contribution in [0, 0.1) is 10.4 Å². The van der Waals surface area contributed by atoms with Gasteiger partial charge in [-0.3, -0.25) is 9.59 Å². The number of aromatic nitrogens is 2. The molecule has 6 aromatic rings. The van der Waals surface area contributed by atoms with Gasteiger partial charge in [0.1, 0.15) is 21.5 Å². The molecule has 2 aromatic heterocycles. The van der Waals surface area contributed by atoms with Crippen LogP contribution in [0.5, 0.6) is 46.3 Å². The first-order valence-electron chi connectivity index (χ1n) is 15.1. The molecule has 54 heavy (non-hydrogen) atoms. The predicted octanol–water partition coefficient (Wildman–Crippen LogP) is 1.70. The Morgan fingerprint density at radius 3 is 1.26 bits per heavy atom. The van der Waals surface area contributed by atoms with Gasteiger partial charge in [0.25, 0.3) is 0 Å². The van der Waals surface area contributed by atoms with E-state index in [9.17, 15) is 20.0 Å². The summed E-state index contributed by atoms with van der Waals surface area (Å²) in [6.07, 6.45) is 0. The van der Waals surface area contributed by atoms with Crippen molar-refractivity contribution in [2.45, 2.75) is 0 Å². The maximum absolute atomic E-state index is 11.6. The zero-order valence-corrected chi connectivity index (χ0v) is 35.7. The fourth-order valence-electron chi connectivity index (χ4n) is 4.64. The number of hydroxylamine groups is 2. The van der Waals surface area contributed by atoms with Gasteiger partial charge >= 0.3 is 59.1 Å². The molecule has 0 atom stereocenters. The quantitative estimate of drug-likeness (QED) is 0.135. The summed E-state index contributed by atoms with van der Waals surface area (Å²) >= 11 is 2.76. The van der Waals surface area contributed by atoms with Gasteiger partial charge < -0.3 is 49.8 Å². The number of para-hydroxylation sites is 2. The monoisotopic (exact) mass is 788 g/mol. The SMILES string of the molecule is COc1ccc(-c2nc(Oc3ccccc3C(=O)N[O-])cs2)cc1OC.COc1ccc(-c2nc(Oc3ccccc3C(=O)N[O-])cs2)cc1OC.[Na+].[Na+]. The number of hydrogen-bond donors (Lipinski definition) is 2. The maximum atomic E-state index is 11.6. The first kappa shape index (κ1) is 44.2. The number of amides is 2. The average molecular weight is 789 g/mol. The van der Waals surface area contributed by atoms with Gasteiger partial charge in [0.05, 0.1) is 50.3 Å². The average Bonchev–Trinajstić information content (AvgIpc) is 3.87. The molecule has 0 saturated heterocycles. The number of thiazole rings is 2. The van der Waals surface area contributed by atoms with Crippen LogP contribution >= 0.6 is 22.7 Å². The normalized spacial score (nSPS) is 9.89. The molecule has 0 radical (unpaired) electrons. The van der Waals surface area contributed by atoms with Gasteiger partial charge in [-0.05, 0) is 60.7 Å². The number of ether oxygens (including phenoxy) is 6. The number of nitrogens with zero attached hydrogens (tertiary/aromatic N) is 2. The van der Waals surface area contributed by atoms with E-state index in [0.717, 1.165) is 11.1 Å². The summed E-state index contributed by atoms with van der Waals surface area (Å²) in [6.45, 7) is 0. The molecule has 0 aliphatic rings. The van der Waals surface area contributed by atoms with Crippen LogP contribution in [0.1, 0.15) is 20.7 Å². The Hall–Kier alpha value is -4.20. The number of hydrogen-bond acceptors (Lipinski definition) is 14. The molecular formula is C36H30N4Na2O10S2. The van der Waals surface area contributed by atoms with Crippen molar-refractivity contribution in [3.05, 3.63) is 117 Å². The summed E-state index contributed by atoms with van der Waals surface area (Å²) in [6, 6.07) is 23.9. The van der Waals surface area contributed by atoms with E-state index in [4.69, 9.17) is 28.4 Å². The van der Waals surface area contributed by atoms with Crippen LogP contribution in [-0.2, 0) is 0 Å². The van der Waals surface area contributed by atoms with Gasteiger partial charge in [-0.15, -0.1) is 22.7 Å². The predicted molar refractivity (Wildman–Crippen MR) is 196 cm³/mol. The van der Waals surface area contributed by atoms with E-state index in [1.807, 2.05) is 24.3 Å². The van der Waals surface area contributed by atoms with Crippen LogP contribution < -0.4 is 98.5 Å². The third-order valence-electron chi connectivity index (χ3n) is 7.11. The second-order valence-electron chi connectivity index (χ2n) is 10.2. The largest absolute Gasteiger partial charge is 1.00 e. The Labute approximate surface area is 362 Å². The maximum Gasteiger partial charge on any atom is 1.00 e. The molecule has 0 aliphatic carbocycles. The molecule has 18 heteroatoms. The Morgan fingerprint density at radius 1 is 0.537 bits per heavy atom. The van der Waals surface area contributed by atoms with Crippen LogP contribution in [-0.4, -0.2) is 50.2 Å². The Balaban J connectivity index is 0.000000280. The van der Waals surface area contributed by atoms with E-state index in [0.29, 0.717) is 44.8 Å². The van der Waals surface area contributed by atoms with E-state index < -0.39 is 11.8 Å². The van der Waals surface area contributed by atoms with Crippen molar-refractivity contribution < 1.29 is 97.1 Å². The van der Waals surface area contributed by atoms with Crippen molar-refractivity contribution in [2.24, 2.45) is 0 Å². The van der Waals surface area contributed by atoms with Crippen molar-refractivity contribution >= 4 is 34.5 Å². The van der Waals surface area contributed by atoms with Crippen molar-refractivity contribution in [3.8, 4) is 67.4 Å². The van der Waals surface area contributed by atoms with Gasteiger partial charge in [-0.2, -0.15) is 0 Å². The molecule has 14 nitrogen and oxygen atoms in total. The van der Waals surface area contributed by atoms with E-state index >= 15 is 0 Å². The molecule has 0 saturated carbocycles. The van der Waals surface area contributed by atoms with Crippen molar-refractivity contribution in [3.63, 3.8) is 0 Å². The van der Waals surface area contributed by atoms with Crippen molar-refractivity contribution in [2.75, 3.05) is 28.4 Å². The summed E-state index contributed by atoms with van der Waals surface area (Å²) in [5, 5.41) is 26.2. The van der Waals surface area contributed by atoms with E-state index in [-0.39, 0.29) is 81.7 Å². The molecule has 0 bridgehead atoms. The van der Waals surface area contributed by atoms with Crippen LogP contribution in [0.25, 0.3) is 21.1 Å². The van der Waals surface area contributed by atoms with E-state index in [1.165, 1.54) is 45.8 Å². The van der Waals surface area contributed by atoms with Gasteiger partial charge in [0.15, 0.2) is 23.0 Å². The van der Waals surface area contributed by atoms with Crippen LogP contribution in [0.15, 0.2) is 95.7 Å². The molecule has 0 spiro atoms. The summed E-state index contributed by atoms with van der Waals surface area (Å²) < 4.78 is 32.4. The summed E-state index contributed by atoms with van der Waals surface area (Å²) in [5.41, 5.74) is 4.66. The number of carbonyl (C=O) groups is 2. The number of rotatable bonds is 12. The summed E-state index contributed by atoms with van der Waals surface area (Å²) in [7, 11) is 6.27. The second-order valence-corrected chi connectivity index (χ2v) is 11.9. The van der Waals surface area contributed by atoms with Gasteiger partial charge in [0.2, 0.25) is 23.6 Å². The number of carbonyl (C=O) groups excluding carboxylic acids is 2. The van der Waals surface area contributed by atoms with Crippen LogP contribution in [0.4, 0.5) is 0 Å². The fourth-order valence-corrected chi connectivity index (χ4v) is 6.08. The minimum Gasteiger partial charge on any atom is -0.759 e. The number of methoxy groups -OCH3 is 4. The molecule has 0 unspecified atom stereocenters. The summed E-state index contributed by atoms with van der Waals surface area (Å²) in [5.74, 6) is 2.07. The van der Waals surface area contributed by atoms with Gasteiger partial charge in [0, 0.05) is 11.1 Å². The standard InChI is InChI=1S/2C18H15N2O5S.2Na/c2*1-23-14-8-7-11(9-15(14)24-2)18-19-16(10-26-18)25-13-6-4-3-5-12(13)17(21)20-22;;/h2*3-10H,1-2H3,(H-,20,21,22);;/q2*-1;2*+1. The third-order valence-corrected chi connectivity index (χ3v) is 8.84. The summed E-state index contributed by atoms with van der Waals surface area (Å²) in [4.78, 5) is 32.1. The van der Waals surface area contributed by atoms with Crippen molar-refractivity contribution in [1.82, 2.24) is 20.9 Å². The van der Waals surface area contributed by atoms with Gasteiger partial charge in [-0.1, -0.05) is 24.3 Å². The molecule has 268 valence electrons.